The van der Waals surface area contributed by atoms with Gasteiger partial charge >= 0.3 is 0 Å². The molecule has 4 aliphatic carbocycles. The van der Waals surface area contributed by atoms with E-state index in [4.69, 9.17) is 0 Å². The third kappa shape index (κ3) is 4.09. The van der Waals surface area contributed by atoms with Gasteiger partial charge in [-0.05, 0) is 80.4 Å². The average Bonchev–Trinajstić information content (AvgIpc) is 2.61. The van der Waals surface area contributed by atoms with Crippen LogP contribution in [-0.2, 0) is 14.8 Å². The fraction of sp³-hybridized carbons (Fsp3) is 0.696. The van der Waals surface area contributed by atoms with Gasteiger partial charge in [-0.15, -0.1) is 0 Å². The second kappa shape index (κ2) is 7.89. The first-order valence-corrected chi connectivity index (χ1v) is 13.4. The first-order chi connectivity index (χ1) is 14.1. The van der Waals surface area contributed by atoms with Crippen LogP contribution in [0.25, 0.3) is 0 Å². The Morgan fingerprint density at radius 2 is 1.80 bits per heavy atom. The van der Waals surface area contributed by atoms with Crippen molar-refractivity contribution in [1.29, 1.82) is 0 Å². The van der Waals surface area contributed by atoms with Gasteiger partial charge in [0.05, 0.1) is 4.90 Å². The van der Waals surface area contributed by atoms with Gasteiger partial charge in [0, 0.05) is 29.5 Å². The number of carbonyl (C=O) groups excluding carboxylic acids is 1. The molecule has 0 heterocycles. The molecule has 2 atom stereocenters. The lowest BCUT2D eigenvalue weighted by molar-refractivity contribution is -0.123. The lowest BCUT2D eigenvalue weighted by Crippen LogP contribution is -2.53. The molecule has 1 aromatic carbocycles. The Balaban J connectivity index is 1.51. The normalized spacial score (nSPS) is 32.6. The van der Waals surface area contributed by atoms with Gasteiger partial charge in [0.15, 0.2) is 0 Å². The van der Waals surface area contributed by atoms with E-state index in [0.29, 0.717) is 25.2 Å². The molecule has 4 aliphatic rings. The number of aryl methyl sites for hydroxylation is 1. The van der Waals surface area contributed by atoms with E-state index in [9.17, 15) is 13.2 Å². The molecule has 5 nitrogen and oxygen atoms in total. The van der Waals surface area contributed by atoms with Gasteiger partial charge in [0.25, 0.3) is 0 Å². The Kier molecular flexibility index (Phi) is 5.86. The van der Waals surface area contributed by atoms with E-state index >= 15 is 0 Å². The molecule has 7 heteroatoms. The fourth-order valence-corrected chi connectivity index (χ4v) is 9.68. The largest absolute Gasteiger partial charge is 0.326 e. The number of rotatable bonds is 7. The summed E-state index contributed by atoms with van der Waals surface area (Å²) in [7, 11) is -3.55. The number of benzene rings is 1. The number of sulfonamides is 1. The highest BCUT2D eigenvalue weighted by molar-refractivity contribution is 9.10. The number of alkyl halides is 1. The highest BCUT2D eigenvalue weighted by atomic mass is 79.9. The topological polar surface area (TPSA) is 66.5 Å². The van der Waals surface area contributed by atoms with E-state index in [1.54, 1.807) is 18.2 Å². The first-order valence-electron chi connectivity index (χ1n) is 11.2. The zero-order valence-electron chi connectivity index (χ0n) is 18.2. The first kappa shape index (κ1) is 22.3. The second-order valence-corrected chi connectivity index (χ2v) is 13.5. The third-order valence-corrected chi connectivity index (χ3v) is 10.4. The van der Waals surface area contributed by atoms with Crippen LogP contribution in [-0.4, -0.2) is 36.0 Å². The second-order valence-electron chi connectivity index (χ2n) is 9.90. The Morgan fingerprint density at radius 3 is 2.37 bits per heavy atom. The summed E-state index contributed by atoms with van der Waals surface area (Å²) in [4.78, 5) is 13.3. The Bertz CT molecular complexity index is 928. The fourth-order valence-electron chi connectivity index (χ4n) is 6.69. The predicted molar refractivity (Wildman–Crippen MR) is 123 cm³/mol. The number of amides is 1. The minimum atomic E-state index is -3.55. The molecular weight excluding hydrogens is 464 g/mol. The molecule has 5 rings (SSSR count). The van der Waals surface area contributed by atoms with Crippen molar-refractivity contribution < 1.29 is 13.2 Å². The van der Waals surface area contributed by atoms with Crippen LogP contribution in [0.4, 0.5) is 5.69 Å². The minimum Gasteiger partial charge on any atom is -0.326 e. The van der Waals surface area contributed by atoms with E-state index in [1.807, 2.05) is 20.8 Å². The molecule has 4 fully saturated rings. The van der Waals surface area contributed by atoms with E-state index in [1.165, 1.54) is 23.6 Å². The van der Waals surface area contributed by atoms with Crippen LogP contribution in [0.1, 0.15) is 64.4 Å². The molecule has 30 heavy (non-hydrogen) atoms. The third-order valence-electron chi connectivity index (χ3n) is 7.47. The zero-order chi connectivity index (χ0) is 21.7. The SMILES string of the molecule is CCN(CC)S(=O)(=O)c1ccc(C)c(NC(=O)CC23CC4CC(CC(Br)(C4)C2)C3)c1. The summed E-state index contributed by atoms with van der Waals surface area (Å²) in [5.41, 5.74) is 1.58. The summed E-state index contributed by atoms with van der Waals surface area (Å²) in [6.07, 6.45) is 7.73. The van der Waals surface area contributed by atoms with Crippen molar-refractivity contribution in [2.24, 2.45) is 17.3 Å². The van der Waals surface area contributed by atoms with Crippen molar-refractivity contribution in [2.75, 3.05) is 18.4 Å². The van der Waals surface area contributed by atoms with Crippen LogP contribution in [0.5, 0.6) is 0 Å². The van der Waals surface area contributed by atoms with Crippen LogP contribution in [0.2, 0.25) is 0 Å². The van der Waals surface area contributed by atoms with Gasteiger partial charge in [0.2, 0.25) is 15.9 Å². The molecule has 1 aromatic rings. The highest BCUT2D eigenvalue weighted by Crippen LogP contribution is 2.65. The smallest absolute Gasteiger partial charge is 0.243 e. The van der Waals surface area contributed by atoms with E-state index in [0.717, 1.165) is 36.7 Å². The molecule has 166 valence electrons. The molecule has 1 N–H and O–H groups in total. The molecule has 0 aromatic heterocycles. The number of hydrogen-bond acceptors (Lipinski definition) is 3. The summed E-state index contributed by atoms with van der Waals surface area (Å²) < 4.78 is 27.4. The number of halogens is 1. The quantitative estimate of drug-likeness (QED) is 0.534. The van der Waals surface area contributed by atoms with E-state index < -0.39 is 10.0 Å². The van der Waals surface area contributed by atoms with Crippen molar-refractivity contribution >= 4 is 37.5 Å². The van der Waals surface area contributed by atoms with Gasteiger partial charge in [-0.2, -0.15) is 4.31 Å². The van der Waals surface area contributed by atoms with Crippen LogP contribution >= 0.6 is 15.9 Å². The van der Waals surface area contributed by atoms with Crippen LogP contribution in [0, 0.1) is 24.2 Å². The van der Waals surface area contributed by atoms with Gasteiger partial charge < -0.3 is 5.32 Å². The summed E-state index contributed by atoms with van der Waals surface area (Å²) in [6.45, 7) is 6.42. The number of nitrogens with one attached hydrogen (secondary N) is 1. The number of anilines is 1. The minimum absolute atomic E-state index is 0.00790. The van der Waals surface area contributed by atoms with Crippen molar-refractivity contribution in [3.63, 3.8) is 0 Å². The highest BCUT2D eigenvalue weighted by Gasteiger charge is 2.57. The van der Waals surface area contributed by atoms with E-state index in [-0.39, 0.29) is 20.5 Å². The number of nitrogens with zero attached hydrogens (tertiary/aromatic N) is 1. The molecule has 0 aliphatic heterocycles. The molecule has 4 bridgehead atoms. The summed E-state index contributed by atoms with van der Waals surface area (Å²) in [6, 6.07) is 5.03. The van der Waals surface area contributed by atoms with Gasteiger partial charge in [-0.1, -0.05) is 35.8 Å². The molecule has 1 amide bonds. The molecule has 0 radical (unpaired) electrons. The monoisotopic (exact) mass is 496 g/mol. The van der Waals surface area contributed by atoms with Crippen molar-refractivity contribution in [2.45, 2.75) is 74.9 Å². The maximum absolute atomic E-state index is 13.1. The van der Waals surface area contributed by atoms with E-state index in [2.05, 4.69) is 21.2 Å². The zero-order valence-corrected chi connectivity index (χ0v) is 20.6. The Labute approximate surface area is 189 Å². The maximum atomic E-state index is 13.1. The van der Waals surface area contributed by atoms with Gasteiger partial charge in [0.1, 0.15) is 0 Å². The average molecular weight is 497 g/mol. The Hall–Kier alpha value is -0.920. The molecular formula is C23H33BrN2O3S. The van der Waals surface area contributed by atoms with Crippen LogP contribution < -0.4 is 5.32 Å². The Morgan fingerprint density at radius 1 is 1.17 bits per heavy atom. The van der Waals surface area contributed by atoms with Gasteiger partial charge in [-0.3, -0.25) is 4.79 Å². The van der Waals surface area contributed by atoms with Crippen molar-refractivity contribution in [3.8, 4) is 0 Å². The summed E-state index contributed by atoms with van der Waals surface area (Å²) in [5.74, 6) is 1.49. The van der Waals surface area contributed by atoms with Crippen molar-refractivity contribution in [3.05, 3.63) is 23.8 Å². The lowest BCUT2D eigenvalue weighted by Gasteiger charge is -2.60. The number of hydrogen-bond donors (Lipinski definition) is 1. The maximum Gasteiger partial charge on any atom is 0.243 e. The number of carbonyl (C=O) groups is 1. The summed E-state index contributed by atoms with van der Waals surface area (Å²) >= 11 is 4.02. The summed E-state index contributed by atoms with van der Waals surface area (Å²) in [5, 5.41) is 3.05. The standard InChI is InChI=1S/C23H33BrN2O3S/c1-4-26(5-2)30(28,29)19-7-6-16(3)20(9-19)25-21(27)14-22-10-17-8-18(11-22)13-23(24,12-17)15-22/h6-7,9,17-18H,4-5,8,10-15H2,1-3H3,(H,25,27). The molecule has 4 saturated carbocycles. The van der Waals surface area contributed by atoms with Crippen molar-refractivity contribution in [1.82, 2.24) is 4.31 Å². The molecule has 2 unspecified atom stereocenters. The lowest BCUT2D eigenvalue weighted by atomic mass is 9.48. The molecule has 0 saturated heterocycles. The van der Waals surface area contributed by atoms with Gasteiger partial charge in [-0.25, -0.2) is 8.42 Å². The molecule has 0 spiro atoms. The predicted octanol–water partition coefficient (Wildman–Crippen LogP) is 5.09. The van der Waals surface area contributed by atoms with Crippen LogP contribution in [0.3, 0.4) is 0 Å². The van der Waals surface area contributed by atoms with Crippen LogP contribution in [0.15, 0.2) is 23.1 Å².